The Hall–Kier alpha value is -1.54. The lowest BCUT2D eigenvalue weighted by molar-refractivity contribution is -0.143. The molecule has 1 unspecified atom stereocenters. The third kappa shape index (κ3) is 5.54. The Labute approximate surface area is 135 Å². The molecule has 0 radical (unpaired) electrons. The Morgan fingerprint density at radius 3 is 2.52 bits per heavy atom. The van der Waals surface area contributed by atoms with Gasteiger partial charge < -0.3 is 4.74 Å². The number of benzene rings is 1. The summed E-state index contributed by atoms with van der Waals surface area (Å²) in [6.45, 7) is 3.50. The van der Waals surface area contributed by atoms with E-state index in [0.29, 0.717) is 5.56 Å². The van der Waals surface area contributed by atoms with Crippen LogP contribution in [0.1, 0.15) is 38.3 Å². The van der Waals surface area contributed by atoms with Gasteiger partial charge in [-0.25, -0.2) is 17.2 Å². The summed E-state index contributed by atoms with van der Waals surface area (Å²) < 4.78 is 56.5. The summed E-state index contributed by atoms with van der Waals surface area (Å²) in [7, 11) is -2.27. The first kappa shape index (κ1) is 19.5. The molecule has 0 heterocycles. The maximum Gasteiger partial charge on any atom is 0.305 e. The van der Waals surface area contributed by atoms with E-state index < -0.39 is 33.7 Å². The van der Waals surface area contributed by atoms with Crippen molar-refractivity contribution in [2.45, 2.75) is 32.7 Å². The van der Waals surface area contributed by atoms with Gasteiger partial charge in [0, 0.05) is 19.5 Å². The Balaban J connectivity index is 2.71. The fourth-order valence-corrected chi connectivity index (χ4v) is 3.40. The van der Waals surface area contributed by atoms with Crippen LogP contribution in [0.4, 0.5) is 8.78 Å². The maximum atomic E-state index is 13.3. The van der Waals surface area contributed by atoms with E-state index in [1.54, 1.807) is 13.8 Å². The Morgan fingerprint density at radius 2 is 1.96 bits per heavy atom. The van der Waals surface area contributed by atoms with Crippen LogP contribution in [0, 0.1) is 11.6 Å². The van der Waals surface area contributed by atoms with Crippen LogP contribution in [0.2, 0.25) is 0 Å². The number of ether oxygens (including phenoxy) is 1. The summed E-state index contributed by atoms with van der Waals surface area (Å²) in [5.41, 5.74) is 0.348. The summed E-state index contributed by atoms with van der Waals surface area (Å²) in [5, 5.41) is 0. The zero-order valence-corrected chi connectivity index (χ0v) is 14.2. The highest BCUT2D eigenvalue weighted by Gasteiger charge is 2.25. The molecule has 1 aromatic carbocycles. The molecule has 0 saturated carbocycles. The largest absolute Gasteiger partial charge is 0.466 e. The van der Waals surface area contributed by atoms with E-state index in [1.807, 2.05) is 0 Å². The Morgan fingerprint density at radius 1 is 1.30 bits per heavy atom. The number of carbonyl (C=O) groups excluding carboxylic acids is 1. The van der Waals surface area contributed by atoms with Crippen LogP contribution in [0.3, 0.4) is 0 Å². The smallest absolute Gasteiger partial charge is 0.305 e. The number of halogens is 2. The van der Waals surface area contributed by atoms with Crippen LogP contribution in [-0.2, 0) is 19.6 Å². The van der Waals surface area contributed by atoms with E-state index in [-0.39, 0.29) is 25.2 Å². The molecule has 0 aromatic heterocycles. The van der Waals surface area contributed by atoms with Crippen molar-refractivity contribution in [1.29, 1.82) is 0 Å². The normalized spacial score (nSPS) is 13.1. The number of carbonyl (C=O) groups is 1. The van der Waals surface area contributed by atoms with Crippen LogP contribution >= 0.6 is 0 Å². The second-order valence-electron chi connectivity index (χ2n) is 5.09. The first-order chi connectivity index (χ1) is 10.7. The van der Waals surface area contributed by atoms with E-state index in [4.69, 9.17) is 4.74 Å². The average Bonchev–Trinajstić information content (AvgIpc) is 2.48. The van der Waals surface area contributed by atoms with E-state index in [9.17, 15) is 22.0 Å². The van der Waals surface area contributed by atoms with Crippen LogP contribution in [0.5, 0.6) is 0 Å². The van der Waals surface area contributed by atoms with Gasteiger partial charge in [0.05, 0.1) is 12.4 Å². The molecule has 8 heteroatoms. The molecule has 0 fully saturated rings. The molecule has 0 aliphatic carbocycles. The van der Waals surface area contributed by atoms with E-state index in [2.05, 4.69) is 0 Å². The van der Waals surface area contributed by atoms with Crippen molar-refractivity contribution in [3.8, 4) is 0 Å². The van der Waals surface area contributed by atoms with Gasteiger partial charge in [-0.1, -0.05) is 6.07 Å². The molecule has 1 rings (SSSR count). The fourth-order valence-electron chi connectivity index (χ4n) is 2.00. The number of sulfonamides is 1. The molecule has 1 aromatic rings. The van der Waals surface area contributed by atoms with Gasteiger partial charge in [0.1, 0.15) is 0 Å². The lowest BCUT2D eigenvalue weighted by Crippen LogP contribution is -2.32. The van der Waals surface area contributed by atoms with Gasteiger partial charge in [-0.3, -0.25) is 4.79 Å². The second kappa shape index (κ2) is 8.35. The molecule has 130 valence electrons. The summed E-state index contributed by atoms with van der Waals surface area (Å²) in [4.78, 5) is 11.2. The molecular formula is C15H21F2NO4S. The predicted octanol–water partition coefficient (Wildman–Crippen LogP) is 2.63. The highest BCUT2D eigenvalue weighted by molar-refractivity contribution is 7.89. The number of hydrogen-bond donors (Lipinski definition) is 0. The minimum Gasteiger partial charge on any atom is -0.466 e. The SMILES string of the molecule is CCOC(=O)CCCS(=O)(=O)N(C)C(C)c1ccc(F)c(F)c1. The van der Waals surface area contributed by atoms with Gasteiger partial charge >= 0.3 is 5.97 Å². The minimum absolute atomic E-state index is 0.0144. The maximum absolute atomic E-state index is 13.3. The first-order valence-corrected chi connectivity index (χ1v) is 8.86. The lowest BCUT2D eigenvalue weighted by Gasteiger charge is -2.24. The molecule has 0 amide bonds. The standard InChI is InChI=1S/C15H21F2NO4S/c1-4-22-15(19)6-5-9-23(20,21)18(3)11(2)12-7-8-13(16)14(17)10-12/h7-8,10-11H,4-6,9H2,1-3H3. The van der Waals surface area contributed by atoms with Crippen LogP contribution in [0.15, 0.2) is 18.2 Å². The molecule has 23 heavy (non-hydrogen) atoms. The highest BCUT2D eigenvalue weighted by Crippen LogP contribution is 2.23. The third-order valence-electron chi connectivity index (χ3n) is 3.50. The summed E-state index contributed by atoms with van der Waals surface area (Å²) >= 11 is 0. The topological polar surface area (TPSA) is 63.7 Å². The minimum atomic E-state index is -3.63. The first-order valence-electron chi connectivity index (χ1n) is 7.25. The van der Waals surface area contributed by atoms with Crippen molar-refractivity contribution in [3.63, 3.8) is 0 Å². The predicted molar refractivity (Wildman–Crippen MR) is 82.2 cm³/mol. The third-order valence-corrected chi connectivity index (χ3v) is 5.50. The van der Waals surface area contributed by atoms with Gasteiger partial charge in [0.25, 0.3) is 0 Å². The van der Waals surface area contributed by atoms with Gasteiger partial charge in [-0.05, 0) is 38.0 Å². The molecular weight excluding hydrogens is 328 g/mol. The summed E-state index contributed by atoms with van der Waals surface area (Å²) in [5.74, 6) is -2.68. The van der Waals surface area contributed by atoms with E-state index in [1.165, 1.54) is 13.1 Å². The Bertz CT molecular complexity index is 649. The van der Waals surface area contributed by atoms with Crippen molar-refractivity contribution in [1.82, 2.24) is 4.31 Å². The fraction of sp³-hybridized carbons (Fsp3) is 0.533. The lowest BCUT2D eigenvalue weighted by atomic mass is 10.1. The van der Waals surface area contributed by atoms with Crippen molar-refractivity contribution in [3.05, 3.63) is 35.4 Å². The molecule has 0 aliphatic rings. The summed E-state index contributed by atoms with van der Waals surface area (Å²) in [6, 6.07) is 2.62. The van der Waals surface area contributed by atoms with Crippen molar-refractivity contribution in [2.75, 3.05) is 19.4 Å². The number of hydrogen-bond acceptors (Lipinski definition) is 4. The highest BCUT2D eigenvalue weighted by atomic mass is 32.2. The summed E-state index contributed by atoms with van der Waals surface area (Å²) in [6.07, 6.45) is 0.149. The molecule has 1 atom stereocenters. The molecule has 0 N–H and O–H groups in total. The van der Waals surface area contributed by atoms with Gasteiger partial charge in [0.2, 0.25) is 10.0 Å². The van der Waals surface area contributed by atoms with Crippen LogP contribution in [0.25, 0.3) is 0 Å². The zero-order valence-electron chi connectivity index (χ0n) is 13.4. The van der Waals surface area contributed by atoms with E-state index in [0.717, 1.165) is 16.4 Å². The molecule has 0 aliphatic heterocycles. The quantitative estimate of drug-likeness (QED) is 0.677. The Kier molecular flexibility index (Phi) is 7.08. The molecule has 0 bridgehead atoms. The monoisotopic (exact) mass is 349 g/mol. The van der Waals surface area contributed by atoms with Crippen molar-refractivity contribution >= 4 is 16.0 Å². The van der Waals surface area contributed by atoms with Crippen molar-refractivity contribution in [2.24, 2.45) is 0 Å². The zero-order chi connectivity index (χ0) is 17.6. The van der Waals surface area contributed by atoms with Crippen LogP contribution < -0.4 is 0 Å². The molecule has 0 spiro atoms. The van der Waals surface area contributed by atoms with Gasteiger partial charge in [-0.2, -0.15) is 4.31 Å². The second-order valence-corrected chi connectivity index (χ2v) is 7.24. The molecule has 5 nitrogen and oxygen atoms in total. The molecule has 0 saturated heterocycles. The number of rotatable bonds is 8. The van der Waals surface area contributed by atoms with E-state index >= 15 is 0 Å². The number of nitrogens with zero attached hydrogens (tertiary/aromatic N) is 1. The average molecular weight is 349 g/mol. The number of esters is 1. The van der Waals surface area contributed by atoms with Crippen LogP contribution in [-0.4, -0.2) is 38.1 Å². The van der Waals surface area contributed by atoms with Crippen molar-refractivity contribution < 1.29 is 26.7 Å². The van der Waals surface area contributed by atoms with Gasteiger partial charge in [-0.15, -0.1) is 0 Å². The van der Waals surface area contributed by atoms with Gasteiger partial charge in [0.15, 0.2) is 11.6 Å².